The van der Waals surface area contributed by atoms with Gasteiger partial charge in [0.25, 0.3) is 5.97 Å². The van der Waals surface area contributed by atoms with Crippen LogP contribution in [0, 0.1) is 0 Å². The Balaban J connectivity index is 0.000000709. The number of carboxylic acid groups (broad SMARTS) is 1. The summed E-state index contributed by atoms with van der Waals surface area (Å²) < 4.78 is 0. The first-order valence-electron chi connectivity index (χ1n) is 10.2. The third-order valence-electron chi connectivity index (χ3n) is 4.80. The van der Waals surface area contributed by atoms with E-state index < -0.39 is 5.97 Å². The molecule has 2 aromatic carbocycles. The summed E-state index contributed by atoms with van der Waals surface area (Å²) in [5.74, 6) is -0.0140. The minimum atomic E-state index is -0.833. The van der Waals surface area contributed by atoms with Crippen LogP contribution in [0.1, 0.15) is 23.6 Å². The summed E-state index contributed by atoms with van der Waals surface area (Å²) >= 11 is 0. The second-order valence-corrected chi connectivity index (χ2v) is 7.64. The van der Waals surface area contributed by atoms with Gasteiger partial charge >= 0.3 is 0 Å². The number of hydrogen-bond acceptors (Lipinski definition) is 8. The predicted molar refractivity (Wildman–Crippen MR) is 129 cm³/mol. The second-order valence-electron chi connectivity index (χ2n) is 7.64. The third-order valence-corrected chi connectivity index (χ3v) is 4.80. The van der Waals surface area contributed by atoms with E-state index in [1.165, 1.54) is 0 Å². The monoisotopic (exact) mass is 446 g/mol. The van der Waals surface area contributed by atoms with Gasteiger partial charge in [-0.2, -0.15) is 4.98 Å². The molecule has 2 heterocycles. The molecule has 33 heavy (non-hydrogen) atoms. The van der Waals surface area contributed by atoms with Crippen LogP contribution in [0.2, 0.25) is 0 Å². The number of carboxylic acids is 1. The fourth-order valence-corrected chi connectivity index (χ4v) is 3.27. The number of nitrogens with one attached hydrogen (secondary N) is 1. The first-order valence-corrected chi connectivity index (χ1v) is 10.2. The Labute approximate surface area is 192 Å². The number of nitrogen functional groups attached to an aromatic ring is 1. The number of nitrogens with zero attached hydrogens (tertiary/aromatic N) is 4. The lowest BCUT2D eigenvalue weighted by molar-refractivity contribution is -0.134. The number of anilines is 4. The minimum absolute atomic E-state index is 0.0183. The van der Waals surface area contributed by atoms with E-state index in [2.05, 4.69) is 20.3 Å². The molecule has 0 radical (unpaired) electrons. The summed E-state index contributed by atoms with van der Waals surface area (Å²) in [5, 5.41) is 10.6. The summed E-state index contributed by atoms with van der Waals surface area (Å²) in [5.41, 5.74) is 11.0. The van der Waals surface area contributed by atoms with Gasteiger partial charge in [0.1, 0.15) is 11.5 Å². The first kappa shape index (κ1) is 23.4. The van der Waals surface area contributed by atoms with Crippen LogP contribution >= 0.6 is 0 Å². The second kappa shape index (κ2) is 10.4. The molecule has 1 aliphatic heterocycles. The Bertz CT molecular complexity index is 1190. The molecule has 4 rings (SSSR count). The molecule has 0 bridgehead atoms. The van der Waals surface area contributed by atoms with Crippen molar-refractivity contribution in [1.82, 2.24) is 9.97 Å². The van der Waals surface area contributed by atoms with Crippen LogP contribution < -0.4 is 16.0 Å². The van der Waals surface area contributed by atoms with Crippen LogP contribution in [-0.4, -0.2) is 46.6 Å². The smallest absolute Gasteiger partial charge is 0.300 e. The highest BCUT2D eigenvalue weighted by Crippen LogP contribution is 2.26. The highest BCUT2D eigenvalue weighted by Gasteiger charge is 2.22. The molecular weight excluding hydrogens is 420 g/mol. The van der Waals surface area contributed by atoms with E-state index in [9.17, 15) is 4.79 Å². The number of aliphatic carboxylic acids is 1. The van der Waals surface area contributed by atoms with Crippen molar-refractivity contribution in [3.63, 3.8) is 0 Å². The molecule has 0 atom stereocenters. The number of hydrogen-bond donors (Lipinski definition) is 3. The molecule has 9 heteroatoms. The lowest BCUT2D eigenvalue weighted by Crippen LogP contribution is -2.17. The number of carbonyl (C=O) groups is 2. The summed E-state index contributed by atoms with van der Waals surface area (Å²) in [6, 6.07) is 15.6. The number of rotatable bonds is 6. The van der Waals surface area contributed by atoms with Crippen LogP contribution in [0.3, 0.4) is 0 Å². The Morgan fingerprint density at radius 3 is 2.45 bits per heavy atom. The Hall–Kier alpha value is -4.27. The highest BCUT2D eigenvalue weighted by molar-refractivity contribution is 6.47. The molecule has 9 nitrogen and oxygen atoms in total. The number of carbonyl (C=O) groups excluding carboxylic acids is 1. The van der Waals surface area contributed by atoms with Crippen molar-refractivity contribution in [3.05, 3.63) is 71.4 Å². The fraction of sp³-hybridized carbons (Fsp3) is 0.208. The van der Waals surface area contributed by atoms with Crippen LogP contribution in [-0.2, 0) is 22.6 Å². The van der Waals surface area contributed by atoms with Gasteiger partial charge < -0.3 is 21.1 Å². The SMILES string of the molecule is CC(=O)O.CN(C)c1ccc(CC(=O)C2=NCc3ccc(Nc4ccnc(N)n4)cc32)cc1. The van der Waals surface area contributed by atoms with Crippen LogP contribution in [0.5, 0.6) is 0 Å². The molecule has 0 aliphatic carbocycles. The van der Waals surface area contributed by atoms with Gasteiger partial charge in [-0.15, -0.1) is 0 Å². The maximum absolute atomic E-state index is 12.9. The summed E-state index contributed by atoms with van der Waals surface area (Å²) in [6.07, 6.45) is 1.92. The zero-order valence-corrected chi connectivity index (χ0v) is 18.7. The molecule has 1 aromatic heterocycles. The van der Waals surface area contributed by atoms with Gasteiger partial charge in [0, 0.05) is 50.6 Å². The normalized spacial score (nSPS) is 11.5. The topological polar surface area (TPSA) is 134 Å². The van der Waals surface area contributed by atoms with Crippen molar-refractivity contribution >= 4 is 40.6 Å². The molecule has 0 saturated heterocycles. The quantitative estimate of drug-likeness (QED) is 0.526. The van der Waals surface area contributed by atoms with Crippen molar-refractivity contribution in [1.29, 1.82) is 0 Å². The summed E-state index contributed by atoms with van der Waals surface area (Å²) in [4.78, 5) is 36.5. The fourth-order valence-electron chi connectivity index (χ4n) is 3.27. The molecule has 3 aromatic rings. The summed E-state index contributed by atoms with van der Waals surface area (Å²) in [6.45, 7) is 1.61. The van der Waals surface area contributed by atoms with Crippen molar-refractivity contribution in [3.8, 4) is 0 Å². The van der Waals surface area contributed by atoms with E-state index in [4.69, 9.17) is 15.6 Å². The van der Waals surface area contributed by atoms with Gasteiger partial charge in [-0.25, -0.2) is 4.98 Å². The highest BCUT2D eigenvalue weighted by atomic mass is 16.4. The van der Waals surface area contributed by atoms with Crippen LogP contribution in [0.15, 0.2) is 59.7 Å². The molecule has 4 N–H and O–H groups in total. The van der Waals surface area contributed by atoms with E-state index in [1.54, 1.807) is 12.3 Å². The lowest BCUT2D eigenvalue weighted by Gasteiger charge is -2.12. The van der Waals surface area contributed by atoms with Crippen LogP contribution in [0.4, 0.5) is 23.1 Å². The van der Waals surface area contributed by atoms with Crippen molar-refractivity contribution in [2.24, 2.45) is 4.99 Å². The van der Waals surface area contributed by atoms with E-state index in [0.717, 1.165) is 35.0 Å². The molecule has 0 unspecified atom stereocenters. The lowest BCUT2D eigenvalue weighted by atomic mass is 9.98. The maximum atomic E-state index is 12.9. The molecule has 170 valence electrons. The predicted octanol–water partition coefficient (Wildman–Crippen LogP) is 3.07. The molecule has 0 fully saturated rings. The number of aromatic nitrogens is 2. The molecule has 1 aliphatic rings. The van der Waals surface area contributed by atoms with Gasteiger partial charge in [0.05, 0.1) is 6.54 Å². The van der Waals surface area contributed by atoms with E-state index in [-0.39, 0.29) is 11.7 Å². The van der Waals surface area contributed by atoms with Gasteiger partial charge in [-0.3, -0.25) is 14.6 Å². The molecule has 0 amide bonds. The number of ketones is 1. The van der Waals surface area contributed by atoms with Gasteiger partial charge in [-0.05, 0) is 41.5 Å². The van der Waals surface area contributed by atoms with Gasteiger partial charge in [-0.1, -0.05) is 18.2 Å². The van der Waals surface area contributed by atoms with Gasteiger partial charge in [0.15, 0.2) is 5.78 Å². The number of benzene rings is 2. The molecule has 0 spiro atoms. The third kappa shape index (κ3) is 6.36. The molecular formula is C24H26N6O3. The first-order chi connectivity index (χ1) is 15.7. The molecule has 0 saturated carbocycles. The number of nitrogens with two attached hydrogens (primary N) is 1. The largest absolute Gasteiger partial charge is 0.481 e. The van der Waals surface area contributed by atoms with Gasteiger partial charge in [0.2, 0.25) is 5.95 Å². The number of aliphatic imine (C=N–C) groups is 1. The zero-order chi connectivity index (χ0) is 24.0. The zero-order valence-electron chi connectivity index (χ0n) is 18.7. The average Bonchev–Trinajstić information content (AvgIpc) is 3.17. The van der Waals surface area contributed by atoms with E-state index >= 15 is 0 Å². The van der Waals surface area contributed by atoms with E-state index in [0.29, 0.717) is 24.5 Å². The Morgan fingerprint density at radius 2 is 1.82 bits per heavy atom. The Morgan fingerprint density at radius 1 is 1.12 bits per heavy atom. The number of fused-ring (bicyclic) bond motifs is 1. The summed E-state index contributed by atoms with van der Waals surface area (Å²) in [7, 11) is 3.98. The van der Waals surface area contributed by atoms with Crippen molar-refractivity contribution < 1.29 is 14.7 Å². The Kier molecular flexibility index (Phi) is 7.34. The standard InChI is InChI=1S/C22H22N6O.C2H4O2/c1-28(2)17-7-3-14(4-8-17)11-19(29)21-18-12-16(6-5-15(18)13-25-21)26-20-9-10-24-22(23)27-20;1-2(3)4/h3-10,12H,11,13H2,1-2H3,(H3,23,24,26,27);1H3,(H,3,4). The minimum Gasteiger partial charge on any atom is -0.481 e. The maximum Gasteiger partial charge on any atom is 0.300 e. The number of Topliss-reactive ketones (excluding diaryl/α,β-unsaturated/α-hetero) is 1. The average molecular weight is 447 g/mol. The van der Waals surface area contributed by atoms with E-state index in [1.807, 2.05) is 61.5 Å². The van der Waals surface area contributed by atoms with Crippen molar-refractivity contribution in [2.45, 2.75) is 19.9 Å². The van der Waals surface area contributed by atoms with Crippen LogP contribution in [0.25, 0.3) is 0 Å². The van der Waals surface area contributed by atoms with Crippen molar-refractivity contribution in [2.75, 3.05) is 30.0 Å².